The highest BCUT2D eigenvalue weighted by Crippen LogP contribution is 2.21. The molecule has 2 rings (SSSR count). The van der Waals surface area contributed by atoms with Gasteiger partial charge in [0.25, 0.3) is 0 Å². The van der Waals surface area contributed by atoms with Crippen LogP contribution in [0, 0.1) is 6.92 Å². The van der Waals surface area contributed by atoms with Gasteiger partial charge < -0.3 is 9.73 Å². The summed E-state index contributed by atoms with van der Waals surface area (Å²) in [5, 5.41) is 3.23. The highest BCUT2D eigenvalue weighted by atomic mass is 16.3. The van der Waals surface area contributed by atoms with Gasteiger partial charge in [-0.3, -0.25) is 4.98 Å². The number of hydrogen-bond acceptors (Lipinski definition) is 3. The molecule has 3 heteroatoms. The Bertz CT molecular complexity index is 445. The zero-order valence-corrected chi connectivity index (χ0v) is 9.66. The highest BCUT2D eigenvalue weighted by Gasteiger charge is 2.04. The first-order valence-electron chi connectivity index (χ1n) is 5.52. The van der Waals surface area contributed by atoms with Crippen molar-refractivity contribution in [3.05, 3.63) is 41.9 Å². The Hall–Kier alpha value is -1.61. The van der Waals surface area contributed by atoms with Crippen LogP contribution in [0.15, 0.2) is 34.9 Å². The van der Waals surface area contributed by atoms with Crippen molar-refractivity contribution in [2.24, 2.45) is 0 Å². The van der Waals surface area contributed by atoms with E-state index in [0.717, 1.165) is 35.9 Å². The van der Waals surface area contributed by atoms with Crippen molar-refractivity contribution in [1.82, 2.24) is 10.3 Å². The summed E-state index contributed by atoms with van der Waals surface area (Å²) in [5.41, 5.74) is 2.04. The lowest BCUT2D eigenvalue weighted by Gasteiger charge is -1.98. The van der Waals surface area contributed by atoms with Crippen LogP contribution in [0.3, 0.4) is 0 Å². The predicted molar refractivity (Wildman–Crippen MR) is 64.1 cm³/mol. The number of pyridine rings is 1. The molecule has 0 unspecified atom stereocenters. The lowest BCUT2D eigenvalue weighted by Crippen LogP contribution is -2.10. The quantitative estimate of drug-likeness (QED) is 0.854. The van der Waals surface area contributed by atoms with Crippen molar-refractivity contribution in [2.45, 2.75) is 20.4 Å². The largest absolute Gasteiger partial charge is 0.460 e. The molecule has 0 fully saturated rings. The van der Waals surface area contributed by atoms with Crippen molar-refractivity contribution in [1.29, 1.82) is 0 Å². The van der Waals surface area contributed by atoms with Gasteiger partial charge in [-0.15, -0.1) is 0 Å². The molecule has 0 aliphatic heterocycles. The first-order chi connectivity index (χ1) is 7.79. The van der Waals surface area contributed by atoms with Crippen molar-refractivity contribution < 1.29 is 4.42 Å². The Balaban J connectivity index is 2.15. The number of rotatable bonds is 4. The van der Waals surface area contributed by atoms with E-state index in [1.54, 1.807) is 0 Å². The smallest absolute Gasteiger partial charge is 0.135 e. The van der Waals surface area contributed by atoms with Crippen LogP contribution < -0.4 is 5.32 Å². The molecule has 1 N–H and O–H groups in total. The van der Waals surface area contributed by atoms with Gasteiger partial charge >= 0.3 is 0 Å². The maximum Gasteiger partial charge on any atom is 0.135 e. The molecular formula is C13H16N2O. The van der Waals surface area contributed by atoms with Gasteiger partial charge in [-0.1, -0.05) is 6.92 Å². The molecule has 2 heterocycles. The molecular weight excluding hydrogens is 200 g/mol. The second-order valence-corrected chi connectivity index (χ2v) is 3.73. The molecule has 0 amide bonds. The van der Waals surface area contributed by atoms with Gasteiger partial charge in [0.15, 0.2) is 0 Å². The summed E-state index contributed by atoms with van der Waals surface area (Å²) in [7, 11) is 0. The standard InChI is InChI=1S/C13H16N2O/c1-3-14-9-12-6-7-13(16-12)11-5-4-10(2)15-8-11/h4-8,14H,3,9H2,1-2H3. The number of nitrogens with zero attached hydrogens (tertiary/aromatic N) is 1. The van der Waals surface area contributed by atoms with Crippen molar-refractivity contribution in [3.8, 4) is 11.3 Å². The maximum atomic E-state index is 5.71. The number of aromatic nitrogens is 1. The van der Waals surface area contributed by atoms with Crippen LogP contribution >= 0.6 is 0 Å². The van der Waals surface area contributed by atoms with Crippen molar-refractivity contribution in [2.75, 3.05) is 6.54 Å². The van der Waals surface area contributed by atoms with Gasteiger partial charge in [0.05, 0.1) is 6.54 Å². The third kappa shape index (κ3) is 2.49. The zero-order valence-electron chi connectivity index (χ0n) is 9.66. The average molecular weight is 216 g/mol. The molecule has 0 aromatic carbocycles. The van der Waals surface area contributed by atoms with Crippen LogP contribution in [0.25, 0.3) is 11.3 Å². The fourth-order valence-electron chi connectivity index (χ4n) is 1.49. The summed E-state index contributed by atoms with van der Waals surface area (Å²) >= 11 is 0. The fourth-order valence-corrected chi connectivity index (χ4v) is 1.49. The van der Waals surface area contributed by atoms with E-state index >= 15 is 0 Å². The van der Waals surface area contributed by atoms with Gasteiger partial charge in [-0.25, -0.2) is 0 Å². The van der Waals surface area contributed by atoms with E-state index in [0.29, 0.717) is 0 Å². The summed E-state index contributed by atoms with van der Waals surface area (Å²) in [4.78, 5) is 4.25. The minimum Gasteiger partial charge on any atom is -0.460 e. The third-order valence-electron chi connectivity index (χ3n) is 2.41. The van der Waals surface area contributed by atoms with E-state index in [4.69, 9.17) is 4.42 Å². The average Bonchev–Trinajstić information content (AvgIpc) is 2.76. The third-order valence-corrected chi connectivity index (χ3v) is 2.41. The van der Waals surface area contributed by atoms with E-state index in [1.165, 1.54) is 0 Å². The predicted octanol–water partition coefficient (Wildman–Crippen LogP) is 2.76. The van der Waals surface area contributed by atoms with Crippen LogP contribution in [0.2, 0.25) is 0 Å². The van der Waals surface area contributed by atoms with E-state index in [-0.39, 0.29) is 0 Å². The first kappa shape index (κ1) is 10.9. The Morgan fingerprint density at radius 2 is 2.12 bits per heavy atom. The summed E-state index contributed by atoms with van der Waals surface area (Å²) in [6.45, 7) is 5.77. The Labute approximate surface area is 95.5 Å². The second kappa shape index (κ2) is 4.94. The lowest BCUT2D eigenvalue weighted by molar-refractivity contribution is 0.498. The molecule has 84 valence electrons. The fraction of sp³-hybridized carbons (Fsp3) is 0.308. The molecule has 0 aliphatic carbocycles. The van der Waals surface area contributed by atoms with Crippen LogP contribution in [0.1, 0.15) is 18.4 Å². The first-order valence-corrected chi connectivity index (χ1v) is 5.52. The monoisotopic (exact) mass is 216 g/mol. The van der Waals surface area contributed by atoms with E-state index < -0.39 is 0 Å². The molecule has 0 spiro atoms. The van der Waals surface area contributed by atoms with Gasteiger partial charge in [-0.2, -0.15) is 0 Å². The minimum atomic E-state index is 0.774. The number of nitrogens with one attached hydrogen (secondary N) is 1. The van der Waals surface area contributed by atoms with Crippen LogP contribution in [-0.2, 0) is 6.54 Å². The molecule has 2 aromatic rings. The number of aryl methyl sites for hydroxylation is 1. The molecule has 2 aromatic heterocycles. The topological polar surface area (TPSA) is 38.1 Å². The van der Waals surface area contributed by atoms with Crippen LogP contribution in [0.5, 0.6) is 0 Å². The van der Waals surface area contributed by atoms with E-state index in [1.807, 2.05) is 37.4 Å². The van der Waals surface area contributed by atoms with E-state index in [2.05, 4.69) is 17.2 Å². The second-order valence-electron chi connectivity index (χ2n) is 3.73. The SMILES string of the molecule is CCNCc1ccc(-c2ccc(C)nc2)o1. The lowest BCUT2D eigenvalue weighted by atomic mass is 10.2. The van der Waals surface area contributed by atoms with Crippen LogP contribution in [-0.4, -0.2) is 11.5 Å². The zero-order chi connectivity index (χ0) is 11.4. The number of furan rings is 1. The number of hydrogen-bond donors (Lipinski definition) is 1. The van der Waals surface area contributed by atoms with Gasteiger partial charge in [0, 0.05) is 17.5 Å². The molecule has 0 radical (unpaired) electrons. The summed E-state index contributed by atoms with van der Waals surface area (Å²) < 4.78 is 5.71. The Kier molecular flexibility index (Phi) is 3.37. The highest BCUT2D eigenvalue weighted by molar-refractivity contribution is 5.56. The molecule has 3 nitrogen and oxygen atoms in total. The van der Waals surface area contributed by atoms with Crippen molar-refractivity contribution >= 4 is 0 Å². The van der Waals surface area contributed by atoms with E-state index in [9.17, 15) is 0 Å². The normalized spacial score (nSPS) is 10.6. The summed E-state index contributed by atoms with van der Waals surface area (Å²) in [6, 6.07) is 8.00. The molecule has 0 saturated carbocycles. The molecule has 0 bridgehead atoms. The summed E-state index contributed by atoms with van der Waals surface area (Å²) in [6.07, 6.45) is 1.84. The van der Waals surface area contributed by atoms with Crippen molar-refractivity contribution in [3.63, 3.8) is 0 Å². The van der Waals surface area contributed by atoms with Crippen LogP contribution in [0.4, 0.5) is 0 Å². The molecule has 0 atom stereocenters. The van der Waals surface area contributed by atoms with Gasteiger partial charge in [-0.05, 0) is 37.7 Å². The molecule has 16 heavy (non-hydrogen) atoms. The van der Waals surface area contributed by atoms with Gasteiger partial charge in [0.1, 0.15) is 11.5 Å². The Morgan fingerprint density at radius 1 is 1.25 bits per heavy atom. The molecule has 0 saturated heterocycles. The molecule has 0 aliphatic rings. The maximum absolute atomic E-state index is 5.71. The van der Waals surface area contributed by atoms with Gasteiger partial charge in [0.2, 0.25) is 0 Å². The summed E-state index contributed by atoms with van der Waals surface area (Å²) in [5.74, 6) is 1.83. The minimum absolute atomic E-state index is 0.774. The Morgan fingerprint density at radius 3 is 2.81 bits per heavy atom.